The molecule has 2 aliphatic heterocycles. The van der Waals surface area contributed by atoms with Gasteiger partial charge >= 0.3 is 0 Å². The summed E-state index contributed by atoms with van der Waals surface area (Å²) in [5.41, 5.74) is 7.73. The van der Waals surface area contributed by atoms with E-state index >= 15 is 0 Å². The Morgan fingerprint density at radius 3 is 2.78 bits per heavy atom. The van der Waals surface area contributed by atoms with Gasteiger partial charge in [0.15, 0.2) is 11.5 Å². The first-order valence-corrected chi connectivity index (χ1v) is 11.5. The van der Waals surface area contributed by atoms with Gasteiger partial charge in [-0.3, -0.25) is 4.90 Å². The predicted molar refractivity (Wildman–Crippen MR) is 128 cm³/mol. The smallest absolute Gasteiger partial charge is 0.161 e. The zero-order valence-corrected chi connectivity index (χ0v) is 18.8. The van der Waals surface area contributed by atoms with E-state index in [0.717, 1.165) is 53.5 Å². The Bertz CT molecular complexity index is 1300. The number of aromatic amines is 1. The molecule has 1 aromatic heterocycles. The van der Waals surface area contributed by atoms with Crippen LogP contribution in [0, 0.1) is 0 Å². The van der Waals surface area contributed by atoms with Crippen LogP contribution in [0.1, 0.15) is 34.0 Å². The molecule has 5 heteroatoms. The van der Waals surface area contributed by atoms with Crippen molar-refractivity contribution in [2.45, 2.75) is 32.0 Å². The van der Waals surface area contributed by atoms with Crippen LogP contribution in [0.2, 0.25) is 5.02 Å². The van der Waals surface area contributed by atoms with Gasteiger partial charge in [-0.05, 0) is 59.4 Å². The van der Waals surface area contributed by atoms with Crippen LogP contribution in [0.15, 0.2) is 60.7 Å². The highest BCUT2D eigenvalue weighted by Gasteiger charge is 2.34. The van der Waals surface area contributed by atoms with Crippen LogP contribution in [-0.4, -0.2) is 23.5 Å². The molecule has 0 saturated heterocycles. The maximum absolute atomic E-state index is 6.23. The molecule has 1 unspecified atom stereocenters. The summed E-state index contributed by atoms with van der Waals surface area (Å²) < 4.78 is 11.9. The summed E-state index contributed by atoms with van der Waals surface area (Å²) in [6, 6.07) is 21.1. The van der Waals surface area contributed by atoms with Gasteiger partial charge < -0.3 is 14.5 Å². The standard InChI is InChI=1S/C27H25ClN2O2/c1-31-26-14-21-18(11-27(26)32-16-17-5-3-2-4-6-17)9-10-30-15-24-22(13-25(21)30)20-8-7-19(28)12-23(20)29-24/h2-8,11-12,14,25,29H,9-10,13,15-16H2,1H3. The van der Waals surface area contributed by atoms with Gasteiger partial charge in [0.2, 0.25) is 0 Å². The molecule has 4 aromatic rings. The summed E-state index contributed by atoms with van der Waals surface area (Å²) in [4.78, 5) is 6.18. The number of nitrogens with one attached hydrogen (secondary N) is 1. The van der Waals surface area contributed by atoms with Gasteiger partial charge in [0.25, 0.3) is 0 Å². The highest BCUT2D eigenvalue weighted by molar-refractivity contribution is 6.31. The molecule has 6 rings (SSSR count). The molecule has 0 aliphatic carbocycles. The molecule has 162 valence electrons. The fraction of sp³-hybridized carbons (Fsp3) is 0.259. The van der Waals surface area contributed by atoms with Crippen molar-refractivity contribution in [3.05, 3.63) is 93.6 Å². The van der Waals surface area contributed by atoms with Crippen LogP contribution in [0.5, 0.6) is 11.5 Å². The van der Waals surface area contributed by atoms with E-state index in [1.807, 2.05) is 30.3 Å². The number of nitrogens with zero attached hydrogens (tertiary/aromatic N) is 1. The summed E-state index contributed by atoms with van der Waals surface area (Å²) in [6.45, 7) is 2.50. The number of aromatic nitrogens is 1. The largest absolute Gasteiger partial charge is 0.493 e. The van der Waals surface area contributed by atoms with Crippen LogP contribution in [0.4, 0.5) is 0 Å². The van der Waals surface area contributed by atoms with E-state index < -0.39 is 0 Å². The Hall–Kier alpha value is -2.95. The lowest BCUT2D eigenvalue weighted by molar-refractivity contribution is 0.158. The predicted octanol–water partition coefficient (Wildman–Crippen LogP) is 6.06. The number of hydrogen-bond donors (Lipinski definition) is 1. The van der Waals surface area contributed by atoms with Crippen LogP contribution < -0.4 is 9.47 Å². The average molecular weight is 445 g/mol. The summed E-state index contributed by atoms with van der Waals surface area (Å²) in [5.74, 6) is 1.62. The van der Waals surface area contributed by atoms with Gasteiger partial charge in [0.1, 0.15) is 6.61 Å². The molecule has 0 spiro atoms. The fourth-order valence-electron chi connectivity index (χ4n) is 5.25. The quantitative estimate of drug-likeness (QED) is 0.415. The van der Waals surface area contributed by atoms with Crippen molar-refractivity contribution >= 4 is 22.5 Å². The molecule has 0 saturated carbocycles. The van der Waals surface area contributed by atoms with E-state index in [9.17, 15) is 0 Å². The van der Waals surface area contributed by atoms with Crippen molar-refractivity contribution in [2.75, 3.05) is 13.7 Å². The maximum atomic E-state index is 6.23. The first kappa shape index (κ1) is 19.7. The molecule has 32 heavy (non-hydrogen) atoms. The molecule has 3 aromatic carbocycles. The second kappa shape index (κ2) is 7.88. The molecule has 1 atom stereocenters. The topological polar surface area (TPSA) is 37.5 Å². The van der Waals surface area contributed by atoms with Crippen LogP contribution in [0.25, 0.3) is 10.9 Å². The molecule has 3 heterocycles. The zero-order valence-electron chi connectivity index (χ0n) is 18.0. The third-order valence-electron chi connectivity index (χ3n) is 6.85. The van der Waals surface area contributed by atoms with Gasteiger partial charge in [-0.15, -0.1) is 0 Å². The molecule has 0 fully saturated rings. The van der Waals surface area contributed by atoms with Crippen molar-refractivity contribution in [1.82, 2.24) is 9.88 Å². The Labute approximate surface area is 192 Å². The Balaban J connectivity index is 1.33. The SMILES string of the molecule is COc1cc2c(cc1OCc1ccccc1)CCN1Cc3[nH]c4cc(Cl)ccc4c3CC21. The molecule has 0 radical (unpaired) electrons. The van der Waals surface area contributed by atoms with E-state index in [1.54, 1.807) is 7.11 Å². The summed E-state index contributed by atoms with van der Waals surface area (Å²) in [7, 11) is 1.72. The highest BCUT2D eigenvalue weighted by Crippen LogP contribution is 2.44. The first-order chi connectivity index (χ1) is 15.7. The second-order valence-corrected chi connectivity index (χ2v) is 9.13. The van der Waals surface area contributed by atoms with Crippen molar-refractivity contribution in [3.8, 4) is 11.5 Å². The molecular formula is C27H25ClN2O2. The lowest BCUT2D eigenvalue weighted by Gasteiger charge is -2.40. The summed E-state index contributed by atoms with van der Waals surface area (Å²) in [5, 5.41) is 2.05. The number of benzene rings is 3. The van der Waals surface area contributed by atoms with E-state index in [1.165, 1.54) is 27.8 Å². The van der Waals surface area contributed by atoms with E-state index in [0.29, 0.717) is 12.6 Å². The van der Waals surface area contributed by atoms with E-state index in [4.69, 9.17) is 21.1 Å². The lowest BCUT2D eigenvalue weighted by atomic mass is 9.85. The molecule has 0 bridgehead atoms. The number of fused-ring (bicyclic) bond motifs is 6. The van der Waals surface area contributed by atoms with Gasteiger partial charge in [-0.25, -0.2) is 0 Å². The minimum absolute atomic E-state index is 0.345. The van der Waals surface area contributed by atoms with Crippen LogP contribution in [-0.2, 0) is 26.0 Å². The Morgan fingerprint density at radius 1 is 1.06 bits per heavy atom. The molecule has 0 amide bonds. The first-order valence-electron chi connectivity index (χ1n) is 11.1. The minimum Gasteiger partial charge on any atom is -0.493 e. The number of methoxy groups -OCH3 is 1. The van der Waals surface area contributed by atoms with Crippen molar-refractivity contribution in [2.24, 2.45) is 0 Å². The Morgan fingerprint density at radius 2 is 1.94 bits per heavy atom. The number of rotatable bonds is 4. The third kappa shape index (κ3) is 3.35. The minimum atomic E-state index is 0.345. The summed E-state index contributed by atoms with van der Waals surface area (Å²) >= 11 is 6.23. The maximum Gasteiger partial charge on any atom is 0.161 e. The van der Waals surface area contributed by atoms with Crippen molar-refractivity contribution < 1.29 is 9.47 Å². The molecule has 4 nitrogen and oxygen atoms in total. The molecular weight excluding hydrogens is 420 g/mol. The van der Waals surface area contributed by atoms with Crippen molar-refractivity contribution in [1.29, 1.82) is 0 Å². The molecule has 1 N–H and O–H groups in total. The summed E-state index contributed by atoms with van der Waals surface area (Å²) in [6.07, 6.45) is 2.00. The number of halogens is 1. The Kier molecular flexibility index (Phi) is 4.85. The van der Waals surface area contributed by atoms with Crippen LogP contribution >= 0.6 is 11.6 Å². The highest BCUT2D eigenvalue weighted by atomic mass is 35.5. The van der Waals surface area contributed by atoms with Crippen LogP contribution in [0.3, 0.4) is 0 Å². The normalized spacial score (nSPS) is 17.5. The average Bonchev–Trinajstić information content (AvgIpc) is 3.17. The number of H-pyrrole nitrogens is 1. The number of hydrogen-bond acceptors (Lipinski definition) is 3. The van der Waals surface area contributed by atoms with Gasteiger partial charge in [-0.2, -0.15) is 0 Å². The monoisotopic (exact) mass is 444 g/mol. The lowest BCUT2D eigenvalue weighted by Crippen LogP contribution is -2.39. The second-order valence-electron chi connectivity index (χ2n) is 8.69. The fourth-order valence-corrected chi connectivity index (χ4v) is 5.42. The van der Waals surface area contributed by atoms with Crippen molar-refractivity contribution in [3.63, 3.8) is 0 Å². The number of ether oxygens (including phenoxy) is 2. The third-order valence-corrected chi connectivity index (χ3v) is 7.08. The van der Waals surface area contributed by atoms with E-state index in [-0.39, 0.29) is 0 Å². The van der Waals surface area contributed by atoms with Gasteiger partial charge in [0.05, 0.1) is 7.11 Å². The van der Waals surface area contributed by atoms with E-state index in [2.05, 4.69) is 40.2 Å². The van der Waals surface area contributed by atoms with Gasteiger partial charge in [0, 0.05) is 40.8 Å². The zero-order chi connectivity index (χ0) is 21.7. The molecule has 2 aliphatic rings. The van der Waals surface area contributed by atoms with Gasteiger partial charge in [-0.1, -0.05) is 48.0 Å².